The highest BCUT2D eigenvalue weighted by atomic mass is 35.5. The van der Waals surface area contributed by atoms with Gasteiger partial charge < -0.3 is 20.3 Å². The molecule has 37 heavy (non-hydrogen) atoms. The van der Waals surface area contributed by atoms with Crippen LogP contribution in [0.1, 0.15) is 45.2 Å². The van der Waals surface area contributed by atoms with Crippen molar-refractivity contribution in [2.75, 3.05) is 30.4 Å². The SMILES string of the molecule is CCCN1c2cc(Cl)c(/C=C3/NC(=O)N(CC(=O)Nc4ccc(OC)cc4)C3=O)cc2C(C)=CC1(C)C. The van der Waals surface area contributed by atoms with Crippen LogP contribution in [-0.4, -0.2) is 48.5 Å². The molecule has 0 atom stereocenters. The summed E-state index contributed by atoms with van der Waals surface area (Å²) in [4.78, 5) is 41.2. The molecule has 2 aromatic rings. The molecule has 2 aliphatic heterocycles. The Balaban J connectivity index is 1.54. The fourth-order valence-electron chi connectivity index (χ4n) is 4.75. The van der Waals surface area contributed by atoms with E-state index >= 15 is 0 Å². The van der Waals surface area contributed by atoms with Crippen LogP contribution in [-0.2, 0) is 9.59 Å². The molecule has 4 amide bonds. The number of benzene rings is 2. The molecule has 0 spiro atoms. The average molecular weight is 523 g/mol. The predicted molar refractivity (Wildman–Crippen MR) is 147 cm³/mol. The number of carbonyl (C=O) groups excluding carboxylic acids is 3. The van der Waals surface area contributed by atoms with Gasteiger partial charge in [-0.3, -0.25) is 9.59 Å². The molecule has 194 valence electrons. The zero-order valence-electron chi connectivity index (χ0n) is 21.6. The first-order valence-electron chi connectivity index (χ1n) is 12.1. The molecular formula is C28H31ClN4O4. The van der Waals surface area contributed by atoms with Crippen LogP contribution in [0.5, 0.6) is 5.75 Å². The van der Waals surface area contributed by atoms with Crippen molar-refractivity contribution in [1.82, 2.24) is 10.2 Å². The highest BCUT2D eigenvalue weighted by Gasteiger charge is 2.36. The molecule has 1 saturated heterocycles. The van der Waals surface area contributed by atoms with E-state index in [1.807, 2.05) is 12.1 Å². The molecular weight excluding hydrogens is 492 g/mol. The van der Waals surface area contributed by atoms with Crippen molar-refractivity contribution >= 4 is 52.5 Å². The van der Waals surface area contributed by atoms with E-state index in [0.717, 1.165) is 34.7 Å². The lowest BCUT2D eigenvalue weighted by atomic mass is 9.87. The summed E-state index contributed by atoms with van der Waals surface area (Å²) in [5, 5.41) is 5.71. The maximum absolute atomic E-state index is 13.0. The molecule has 0 saturated carbocycles. The lowest BCUT2D eigenvalue weighted by molar-refractivity contribution is -0.127. The standard InChI is InChI=1S/C28H31ClN4O4/c1-6-11-33-24-14-22(29)18(12-21(24)17(2)15-28(33,3)4)13-23-26(35)32(27(36)31-23)16-25(34)30-19-7-9-20(37-5)10-8-19/h7-10,12-15H,6,11,16H2,1-5H3,(H,30,34)(H,31,36)/b23-13+. The molecule has 0 radical (unpaired) electrons. The normalized spacial score (nSPS) is 17.5. The summed E-state index contributed by atoms with van der Waals surface area (Å²) < 4.78 is 5.10. The molecule has 1 fully saturated rings. The highest BCUT2D eigenvalue weighted by Crippen LogP contribution is 2.42. The smallest absolute Gasteiger partial charge is 0.329 e. The average Bonchev–Trinajstić information content (AvgIpc) is 3.10. The zero-order chi connectivity index (χ0) is 26.9. The lowest BCUT2D eigenvalue weighted by Gasteiger charge is -2.43. The zero-order valence-corrected chi connectivity index (χ0v) is 22.4. The second-order valence-corrected chi connectivity index (χ2v) is 10.1. The van der Waals surface area contributed by atoms with Gasteiger partial charge in [-0.2, -0.15) is 0 Å². The number of nitrogens with one attached hydrogen (secondary N) is 2. The molecule has 2 aliphatic rings. The number of ether oxygens (including phenoxy) is 1. The summed E-state index contributed by atoms with van der Waals surface area (Å²) in [7, 11) is 1.55. The number of hydrogen-bond donors (Lipinski definition) is 2. The minimum Gasteiger partial charge on any atom is -0.497 e. The summed E-state index contributed by atoms with van der Waals surface area (Å²) in [5.74, 6) is -0.444. The van der Waals surface area contributed by atoms with E-state index in [9.17, 15) is 14.4 Å². The minimum absolute atomic E-state index is 0.0623. The second kappa shape index (κ2) is 10.3. The van der Waals surface area contributed by atoms with Gasteiger partial charge >= 0.3 is 6.03 Å². The largest absolute Gasteiger partial charge is 0.497 e. The number of methoxy groups -OCH3 is 1. The maximum atomic E-state index is 13.0. The molecule has 2 heterocycles. The van der Waals surface area contributed by atoms with Gasteiger partial charge in [0.2, 0.25) is 5.91 Å². The Labute approximate surface area is 221 Å². The molecule has 0 bridgehead atoms. The monoisotopic (exact) mass is 522 g/mol. The Morgan fingerprint density at radius 2 is 1.89 bits per heavy atom. The van der Waals surface area contributed by atoms with Crippen molar-refractivity contribution in [3.05, 3.63) is 64.3 Å². The van der Waals surface area contributed by atoms with Crippen LogP contribution in [0.2, 0.25) is 5.02 Å². The first-order valence-corrected chi connectivity index (χ1v) is 12.5. The topological polar surface area (TPSA) is 91.0 Å². The second-order valence-electron chi connectivity index (χ2n) is 9.68. The van der Waals surface area contributed by atoms with E-state index in [2.05, 4.69) is 49.3 Å². The number of anilines is 2. The Bertz CT molecular complexity index is 1310. The molecule has 8 nitrogen and oxygen atoms in total. The Hall–Kier alpha value is -3.78. The summed E-state index contributed by atoms with van der Waals surface area (Å²) in [5.41, 5.74) is 4.22. The van der Waals surface area contributed by atoms with E-state index < -0.39 is 24.4 Å². The first kappa shape index (κ1) is 26.3. The Kier molecular flexibility index (Phi) is 7.32. The van der Waals surface area contributed by atoms with Gasteiger partial charge in [-0.15, -0.1) is 0 Å². The number of allylic oxidation sites excluding steroid dienone is 1. The number of amides is 4. The van der Waals surface area contributed by atoms with E-state index in [-0.39, 0.29) is 11.2 Å². The van der Waals surface area contributed by atoms with Gasteiger partial charge in [-0.1, -0.05) is 24.6 Å². The highest BCUT2D eigenvalue weighted by molar-refractivity contribution is 6.32. The third kappa shape index (κ3) is 5.34. The number of carbonyl (C=O) groups is 3. The van der Waals surface area contributed by atoms with Gasteiger partial charge in [0.15, 0.2) is 0 Å². The van der Waals surface area contributed by atoms with Gasteiger partial charge in [0.1, 0.15) is 18.0 Å². The van der Waals surface area contributed by atoms with Crippen LogP contribution in [0.3, 0.4) is 0 Å². The van der Waals surface area contributed by atoms with Crippen molar-refractivity contribution in [3.8, 4) is 5.75 Å². The molecule has 0 unspecified atom stereocenters. The fourth-order valence-corrected chi connectivity index (χ4v) is 4.96. The van der Waals surface area contributed by atoms with Gasteiger partial charge in [0.05, 0.1) is 12.6 Å². The first-order chi connectivity index (χ1) is 17.5. The van der Waals surface area contributed by atoms with Crippen LogP contribution < -0.4 is 20.3 Å². The van der Waals surface area contributed by atoms with Crippen molar-refractivity contribution in [2.45, 2.75) is 39.7 Å². The number of fused-ring (bicyclic) bond motifs is 1. The van der Waals surface area contributed by atoms with Gasteiger partial charge in [0.25, 0.3) is 5.91 Å². The summed E-state index contributed by atoms with van der Waals surface area (Å²) in [6, 6.07) is 9.93. The maximum Gasteiger partial charge on any atom is 0.329 e. The third-order valence-electron chi connectivity index (χ3n) is 6.48. The number of nitrogens with zero attached hydrogens (tertiary/aromatic N) is 2. The summed E-state index contributed by atoms with van der Waals surface area (Å²) in [6.07, 6.45) is 4.77. The van der Waals surface area contributed by atoms with Crippen molar-refractivity contribution in [3.63, 3.8) is 0 Å². The van der Waals surface area contributed by atoms with Crippen molar-refractivity contribution < 1.29 is 19.1 Å². The lowest BCUT2D eigenvalue weighted by Crippen LogP contribution is -2.45. The van der Waals surface area contributed by atoms with Crippen molar-refractivity contribution in [1.29, 1.82) is 0 Å². The molecule has 2 aromatic carbocycles. The van der Waals surface area contributed by atoms with E-state index in [4.69, 9.17) is 16.3 Å². The molecule has 9 heteroatoms. The van der Waals surface area contributed by atoms with Crippen LogP contribution >= 0.6 is 11.6 Å². The number of halogens is 1. The van der Waals surface area contributed by atoms with Gasteiger partial charge in [-0.25, -0.2) is 9.69 Å². The summed E-state index contributed by atoms with van der Waals surface area (Å²) >= 11 is 6.66. The Morgan fingerprint density at radius 1 is 1.19 bits per heavy atom. The van der Waals surface area contributed by atoms with E-state index in [0.29, 0.717) is 22.0 Å². The summed E-state index contributed by atoms with van der Waals surface area (Å²) in [6.45, 7) is 8.99. The van der Waals surface area contributed by atoms with E-state index in [1.54, 1.807) is 37.5 Å². The fraction of sp³-hybridized carbons (Fsp3) is 0.321. The number of hydrogen-bond acceptors (Lipinski definition) is 5. The van der Waals surface area contributed by atoms with Gasteiger partial charge in [0, 0.05) is 28.5 Å². The predicted octanol–water partition coefficient (Wildman–Crippen LogP) is 5.29. The molecule has 2 N–H and O–H groups in total. The van der Waals surface area contributed by atoms with Crippen LogP contribution in [0.15, 0.2) is 48.2 Å². The molecule has 0 aromatic heterocycles. The minimum atomic E-state index is -0.665. The number of imide groups is 1. The number of rotatable bonds is 7. The van der Waals surface area contributed by atoms with Crippen LogP contribution in [0, 0.1) is 0 Å². The quantitative estimate of drug-likeness (QED) is 0.381. The molecule has 0 aliphatic carbocycles. The van der Waals surface area contributed by atoms with Crippen LogP contribution in [0.4, 0.5) is 16.2 Å². The molecule has 4 rings (SSSR count). The van der Waals surface area contributed by atoms with E-state index in [1.165, 1.54) is 0 Å². The number of urea groups is 1. The third-order valence-corrected chi connectivity index (χ3v) is 6.81. The Morgan fingerprint density at radius 3 is 2.54 bits per heavy atom. The van der Waals surface area contributed by atoms with Gasteiger partial charge in [-0.05, 0) is 80.8 Å². The van der Waals surface area contributed by atoms with Crippen molar-refractivity contribution in [2.24, 2.45) is 0 Å². The van der Waals surface area contributed by atoms with Crippen LogP contribution in [0.25, 0.3) is 11.6 Å².